The second kappa shape index (κ2) is 7.60. The zero-order chi connectivity index (χ0) is 18.5. The Balaban J connectivity index is 1.59. The van der Waals surface area contributed by atoms with E-state index in [0.717, 1.165) is 11.1 Å². The Morgan fingerprint density at radius 3 is 2.54 bits per heavy atom. The number of carbonyl (C=O) groups is 2. The predicted octanol–water partition coefficient (Wildman–Crippen LogP) is 2.54. The predicted molar refractivity (Wildman–Crippen MR) is 98.6 cm³/mol. The number of carbonyl (C=O) groups excluding carboxylic acids is 2. The average Bonchev–Trinajstić information content (AvgIpc) is 3.17. The van der Waals surface area contributed by atoms with Crippen LogP contribution in [0.4, 0.5) is 5.69 Å². The van der Waals surface area contributed by atoms with E-state index in [1.807, 2.05) is 31.2 Å². The molecule has 0 aliphatic rings. The fourth-order valence-electron chi connectivity index (χ4n) is 2.44. The number of rotatable bonds is 5. The SMILES string of the molecule is Cc1cccc(C(=O)N[C@H](C)C(=O)Nc2ccc(-c3ncn[nH]3)cc2)c1. The van der Waals surface area contributed by atoms with Gasteiger partial charge in [0, 0.05) is 16.8 Å². The van der Waals surface area contributed by atoms with E-state index in [-0.39, 0.29) is 11.8 Å². The average molecular weight is 349 g/mol. The monoisotopic (exact) mass is 349 g/mol. The molecule has 0 bridgehead atoms. The van der Waals surface area contributed by atoms with Crippen LogP contribution in [0.2, 0.25) is 0 Å². The van der Waals surface area contributed by atoms with Crippen molar-refractivity contribution in [2.45, 2.75) is 19.9 Å². The molecule has 0 unspecified atom stereocenters. The zero-order valence-electron chi connectivity index (χ0n) is 14.5. The summed E-state index contributed by atoms with van der Waals surface area (Å²) < 4.78 is 0. The van der Waals surface area contributed by atoms with E-state index in [1.165, 1.54) is 6.33 Å². The first-order valence-electron chi connectivity index (χ1n) is 8.17. The topological polar surface area (TPSA) is 99.8 Å². The number of anilines is 1. The molecule has 132 valence electrons. The van der Waals surface area contributed by atoms with Crippen LogP contribution in [0.3, 0.4) is 0 Å². The van der Waals surface area contributed by atoms with Crippen LogP contribution in [0.15, 0.2) is 54.9 Å². The summed E-state index contributed by atoms with van der Waals surface area (Å²) in [7, 11) is 0. The van der Waals surface area contributed by atoms with E-state index in [9.17, 15) is 9.59 Å². The van der Waals surface area contributed by atoms with Crippen LogP contribution in [0, 0.1) is 6.92 Å². The van der Waals surface area contributed by atoms with Gasteiger partial charge in [-0.05, 0) is 50.2 Å². The summed E-state index contributed by atoms with van der Waals surface area (Å²) in [6.07, 6.45) is 1.43. The lowest BCUT2D eigenvalue weighted by Gasteiger charge is -2.14. The quantitative estimate of drug-likeness (QED) is 0.659. The summed E-state index contributed by atoms with van der Waals surface area (Å²) in [6, 6.07) is 13.7. The number of nitrogens with zero attached hydrogens (tertiary/aromatic N) is 2. The van der Waals surface area contributed by atoms with E-state index < -0.39 is 6.04 Å². The number of hydrogen-bond donors (Lipinski definition) is 3. The fraction of sp³-hybridized carbons (Fsp3) is 0.158. The molecule has 0 saturated carbocycles. The van der Waals surface area contributed by atoms with Crippen molar-refractivity contribution in [3.63, 3.8) is 0 Å². The number of benzene rings is 2. The first kappa shape index (κ1) is 17.3. The Bertz CT molecular complexity index is 904. The number of hydrogen-bond acceptors (Lipinski definition) is 4. The molecule has 1 atom stereocenters. The highest BCUT2D eigenvalue weighted by Gasteiger charge is 2.17. The Morgan fingerprint density at radius 1 is 1.12 bits per heavy atom. The molecule has 0 saturated heterocycles. The Hall–Kier alpha value is -3.48. The van der Waals surface area contributed by atoms with E-state index in [1.54, 1.807) is 31.2 Å². The minimum atomic E-state index is -0.669. The molecule has 2 aromatic carbocycles. The molecular formula is C19H19N5O2. The number of aromatic amines is 1. The molecule has 7 nitrogen and oxygen atoms in total. The first-order valence-corrected chi connectivity index (χ1v) is 8.17. The van der Waals surface area contributed by atoms with Crippen molar-refractivity contribution in [1.29, 1.82) is 0 Å². The van der Waals surface area contributed by atoms with Crippen LogP contribution in [0.5, 0.6) is 0 Å². The molecule has 26 heavy (non-hydrogen) atoms. The van der Waals surface area contributed by atoms with Crippen molar-refractivity contribution in [1.82, 2.24) is 20.5 Å². The van der Waals surface area contributed by atoms with Crippen LogP contribution >= 0.6 is 0 Å². The van der Waals surface area contributed by atoms with Gasteiger partial charge in [0.05, 0.1) is 0 Å². The molecule has 3 N–H and O–H groups in total. The molecule has 1 heterocycles. The van der Waals surface area contributed by atoms with Crippen LogP contribution in [-0.4, -0.2) is 33.0 Å². The van der Waals surface area contributed by atoms with Crippen LogP contribution in [0.1, 0.15) is 22.8 Å². The zero-order valence-corrected chi connectivity index (χ0v) is 14.5. The molecule has 3 rings (SSSR count). The smallest absolute Gasteiger partial charge is 0.251 e. The minimum Gasteiger partial charge on any atom is -0.341 e. The Morgan fingerprint density at radius 2 is 1.88 bits per heavy atom. The molecule has 3 aromatic rings. The number of aromatic nitrogens is 3. The first-order chi connectivity index (χ1) is 12.5. The maximum absolute atomic E-state index is 12.3. The lowest BCUT2D eigenvalue weighted by Crippen LogP contribution is -2.41. The lowest BCUT2D eigenvalue weighted by molar-refractivity contribution is -0.117. The molecule has 0 radical (unpaired) electrons. The third-order valence-electron chi connectivity index (χ3n) is 3.86. The van der Waals surface area contributed by atoms with Gasteiger partial charge in [0.25, 0.3) is 5.91 Å². The maximum Gasteiger partial charge on any atom is 0.251 e. The summed E-state index contributed by atoms with van der Waals surface area (Å²) >= 11 is 0. The molecule has 0 spiro atoms. The molecular weight excluding hydrogens is 330 g/mol. The standard InChI is InChI=1S/C19H19N5O2/c1-12-4-3-5-15(10-12)19(26)22-13(2)18(25)23-16-8-6-14(7-9-16)17-20-11-21-24-17/h3-11,13H,1-2H3,(H,22,26)(H,23,25)(H,20,21,24)/t13-/m1/s1. The maximum atomic E-state index is 12.3. The van der Waals surface area contributed by atoms with E-state index in [0.29, 0.717) is 17.1 Å². The summed E-state index contributed by atoms with van der Waals surface area (Å²) in [5.41, 5.74) is 3.01. The molecule has 0 aliphatic heterocycles. The summed E-state index contributed by atoms with van der Waals surface area (Å²) in [6.45, 7) is 3.56. The fourth-order valence-corrected chi connectivity index (χ4v) is 2.44. The van der Waals surface area contributed by atoms with Gasteiger partial charge in [-0.3, -0.25) is 14.7 Å². The van der Waals surface area contributed by atoms with Crippen molar-refractivity contribution in [3.8, 4) is 11.4 Å². The van der Waals surface area contributed by atoms with Crippen molar-refractivity contribution >= 4 is 17.5 Å². The van der Waals surface area contributed by atoms with Crippen molar-refractivity contribution < 1.29 is 9.59 Å². The van der Waals surface area contributed by atoms with Crippen molar-refractivity contribution in [2.75, 3.05) is 5.32 Å². The molecule has 1 aromatic heterocycles. The summed E-state index contributed by atoms with van der Waals surface area (Å²) in [5, 5.41) is 12.1. The number of amides is 2. The van der Waals surface area contributed by atoms with Crippen molar-refractivity contribution in [3.05, 3.63) is 66.0 Å². The molecule has 7 heteroatoms. The van der Waals surface area contributed by atoms with Crippen LogP contribution < -0.4 is 10.6 Å². The van der Waals surface area contributed by atoms with Gasteiger partial charge in [-0.15, -0.1) is 0 Å². The highest BCUT2D eigenvalue weighted by molar-refractivity contribution is 6.01. The third-order valence-corrected chi connectivity index (χ3v) is 3.86. The summed E-state index contributed by atoms with van der Waals surface area (Å²) in [5.74, 6) is 0.0806. The normalized spacial score (nSPS) is 11.6. The molecule has 0 aliphatic carbocycles. The second-order valence-corrected chi connectivity index (χ2v) is 5.97. The van der Waals surface area contributed by atoms with Crippen LogP contribution in [0.25, 0.3) is 11.4 Å². The van der Waals surface area contributed by atoms with Crippen molar-refractivity contribution in [2.24, 2.45) is 0 Å². The molecule has 2 amide bonds. The third kappa shape index (κ3) is 4.13. The van der Waals surface area contributed by atoms with Gasteiger partial charge in [-0.1, -0.05) is 17.7 Å². The Kier molecular flexibility index (Phi) is 5.07. The van der Waals surface area contributed by atoms with Gasteiger partial charge in [0.1, 0.15) is 12.4 Å². The van der Waals surface area contributed by atoms with Gasteiger partial charge >= 0.3 is 0 Å². The minimum absolute atomic E-state index is 0.281. The number of aryl methyl sites for hydroxylation is 1. The summed E-state index contributed by atoms with van der Waals surface area (Å²) in [4.78, 5) is 28.6. The highest BCUT2D eigenvalue weighted by Crippen LogP contribution is 2.17. The number of H-pyrrole nitrogens is 1. The second-order valence-electron chi connectivity index (χ2n) is 5.97. The largest absolute Gasteiger partial charge is 0.341 e. The van der Waals surface area contributed by atoms with E-state index in [2.05, 4.69) is 25.8 Å². The molecule has 0 fully saturated rings. The van der Waals surface area contributed by atoms with Gasteiger partial charge in [0.15, 0.2) is 5.82 Å². The van der Waals surface area contributed by atoms with Gasteiger partial charge in [-0.25, -0.2) is 4.98 Å². The van der Waals surface area contributed by atoms with Gasteiger partial charge in [-0.2, -0.15) is 5.10 Å². The lowest BCUT2D eigenvalue weighted by atomic mass is 10.1. The van der Waals surface area contributed by atoms with Crippen LogP contribution in [-0.2, 0) is 4.79 Å². The Labute approximate surface area is 150 Å². The van der Waals surface area contributed by atoms with E-state index in [4.69, 9.17) is 0 Å². The van der Waals surface area contributed by atoms with Gasteiger partial charge < -0.3 is 10.6 Å². The van der Waals surface area contributed by atoms with Gasteiger partial charge in [0.2, 0.25) is 5.91 Å². The highest BCUT2D eigenvalue weighted by atomic mass is 16.2. The van der Waals surface area contributed by atoms with E-state index >= 15 is 0 Å². The number of nitrogens with one attached hydrogen (secondary N) is 3.